The molecular formula is C14H24N2O3S. The number of likely N-dealkylation sites (tertiary alicyclic amines) is 2. The maximum absolute atomic E-state index is 12.0. The highest BCUT2D eigenvalue weighted by Gasteiger charge is 2.38. The number of carbonyl (C=O) groups is 2. The molecular weight excluding hydrogens is 276 g/mol. The molecule has 6 heteroatoms. The van der Waals surface area contributed by atoms with Gasteiger partial charge in [0.05, 0.1) is 6.04 Å². The highest BCUT2D eigenvalue weighted by molar-refractivity contribution is 7.80. The maximum Gasteiger partial charge on any atom is 0.410 e. The van der Waals surface area contributed by atoms with Crippen molar-refractivity contribution < 1.29 is 14.3 Å². The van der Waals surface area contributed by atoms with Crippen LogP contribution in [-0.2, 0) is 9.53 Å². The molecule has 2 saturated heterocycles. The lowest BCUT2D eigenvalue weighted by Gasteiger charge is -2.26. The molecule has 0 N–H and O–H groups in total. The first kappa shape index (κ1) is 15.5. The zero-order valence-electron chi connectivity index (χ0n) is 12.5. The lowest BCUT2D eigenvalue weighted by atomic mass is 10.1. The number of thiol groups is 1. The van der Waals surface area contributed by atoms with E-state index >= 15 is 0 Å². The van der Waals surface area contributed by atoms with Crippen LogP contribution in [0.2, 0.25) is 0 Å². The van der Waals surface area contributed by atoms with Gasteiger partial charge in [0.25, 0.3) is 0 Å². The molecule has 0 aromatic heterocycles. The third kappa shape index (κ3) is 3.59. The fourth-order valence-corrected chi connectivity index (χ4v) is 3.02. The molecule has 20 heavy (non-hydrogen) atoms. The summed E-state index contributed by atoms with van der Waals surface area (Å²) < 4.78 is 5.37. The van der Waals surface area contributed by atoms with E-state index in [1.54, 1.807) is 4.90 Å². The number of amides is 2. The van der Waals surface area contributed by atoms with E-state index in [0.717, 1.165) is 18.7 Å². The van der Waals surface area contributed by atoms with Gasteiger partial charge in [0.1, 0.15) is 5.60 Å². The van der Waals surface area contributed by atoms with Crippen molar-refractivity contribution in [1.29, 1.82) is 0 Å². The molecule has 2 atom stereocenters. The number of ether oxygens (including phenoxy) is 1. The van der Waals surface area contributed by atoms with Crippen LogP contribution in [0.3, 0.4) is 0 Å². The van der Waals surface area contributed by atoms with Gasteiger partial charge in [-0.05, 0) is 38.9 Å². The van der Waals surface area contributed by atoms with Gasteiger partial charge in [0, 0.05) is 26.1 Å². The van der Waals surface area contributed by atoms with Gasteiger partial charge in [-0.3, -0.25) is 4.79 Å². The van der Waals surface area contributed by atoms with Crippen LogP contribution in [0, 0.1) is 5.92 Å². The van der Waals surface area contributed by atoms with Gasteiger partial charge < -0.3 is 14.5 Å². The summed E-state index contributed by atoms with van der Waals surface area (Å²) in [4.78, 5) is 27.6. The molecule has 0 aromatic rings. The van der Waals surface area contributed by atoms with Gasteiger partial charge >= 0.3 is 6.09 Å². The highest BCUT2D eigenvalue weighted by Crippen LogP contribution is 2.26. The summed E-state index contributed by atoms with van der Waals surface area (Å²) in [7, 11) is 0. The number of hydrogen-bond acceptors (Lipinski definition) is 4. The van der Waals surface area contributed by atoms with E-state index in [-0.39, 0.29) is 18.0 Å². The molecule has 2 aliphatic rings. The number of rotatable bonds is 2. The van der Waals surface area contributed by atoms with Crippen LogP contribution in [0.5, 0.6) is 0 Å². The van der Waals surface area contributed by atoms with Gasteiger partial charge in [0.2, 0.25) is 5.91 Å². The van der Waals surface area contributed by atoms with Gasteiger partial charge in [-0.25, -0.2) is 4.79 Å². The van der Waals surface area contributed by atoms with Crippen LogP contribution < -0.4 is 0 Å². The zero-order chi connectivity index (χ0) is 14.9. The Hall–Kier alpha value is -0.910. The quantitative estimate of drug-likeness (QED) is 0.791. The fourth-order valence-electron chi connectivity index (χ4n) is 2.77. The average Bonchev–Trinajstić information content (AvgIpc) is 2.92. The van der Waals surface area contributed by atoms with Crippen molar-refractivity contribution in [2.45, 2.75) is 45.3 Å². The summed E-state index contributed by atoms with van der Waals surface area (Å²) in [5.41, 5.74) is -0.476. The minimum absolute atomic E-state index is 0.139. The summed E-state index contributed by atoms with van der Waals surface area (Å²) >= 11 is 4.27. The second-order valence-corrected chi connectivity index (χ2v) is 7.03. The topological polar surface area (TPSA) is 49.9 Å². The van der Waals surface area contributed by atoms with E-state index in [0.29, 0.717) is 25.4 Å². The average molecular weight is 300 g/mol. The maximum atomic E-state index is 12.0. The second kappa shape index (κ2) is 5.84. The third-order valence-electron chi connectivity index (χ3n) is 3.75. The van der Waals surface area contributed by atoms with Crippen molar-refractivity contribution in [2.24, 2.45) is 5.92 Å². The van der Waals surface area contributed by atoms with Crippen molar-refractivity contribution in [3.63, 3.8) is 0 Å². The van der Waals surface area contributed by atoms with Crippen LogP contribution in [0.25, 0.3) is 0 Å². The Morgan fingerprint density at radius 2 is 2.10 bits per heavy atom. The first-order valence-electron chi connectivity index (χ1n) is 7.18. The van der Waals surface area contributed by atoms with E-state index in [4.69, 9.17) is 4.74 Å². The van der Waals surface area contributed by atoms with Crippen molar-refractivity contribution in [3.05, 3.63) is 0 Å². The largest absolute Gasteiger partial charge is 0.444 e. The molecule has 2 fully saturated rings. The summed E-state index contributed by atoms with van der Waals surface area (Å²) in [6.45, 7) is 7.60. The van der Waals surface area contributed by atoms with Crippen LogP contribution in [0.4, 0.5) is 4.79 Å². The second-order valence-electron chi connectivity index (χ2n) is 6.67. The smallest absolute Gasteiger partial charge is 0.410 e. The molecule has 2 heterocycles. The number of nitrogens with zero attached hydrogens (tertiary/aromatic N) is 2. The lowest BCUT2D eigenvalue weighted by molar-refractivity contribution is -0.129. The molecule has 5 nitrogen and oxygen atoms in total. The monoisotopic (exact) mass is 300 g/mol. The van der Waals surface area contributed by atoms with Crippen molar-refractivity contribution in [1.82, 2.24) is 9.80 Å². The molecule has 0 aliphatic carbocycles. The van der Waals surface area contributed by atoms with Crippen LogP contribution in [-0.4, -0.2) is 58.8 Å². The molecule has 2 unspecified atom stereocenters. The molecule has 0 radical (unpaired) electrons. The van der Waals surface area contributed by atoms with E-state index in [1.165, 1.54) is 0 Å². The standard InChI is InChI=1S/C14H24N2O3S/c1-14(2,3)19-13(18)15-5-4-11(8-15)16-7-10(9-20)6-12(16)17/h10-11,20H,4-9H2,1-3H3. The normalized spacial score (nSPS) is 27.3. The fraction of sp³-hybridized carbons (Fsp3) is 0.857. The molecule has 0 saturated carbocycles. The summed E-state index contributed by atoms with van der Waals surface area (Å²) in [5.74, 6) is 1.28. The van der Waals surface area contributed by atoms with Crippen molar-refractivity contribution >= 4 is 24.6 Å². The molecule has 2 amide bonds. The Bertz CT molecular complexity index is 394. The molecule has 114 valence electrons. The first-order chi connectivity index (χ1) is 9.30. The minimum Gasteiger partial charge on any atom is -0.444 e. The molecule has 0 bridgehead atoms. The van der Waals surface area contributed by atoms with Crippen LogP contribution >= 0.6 is 12.6 Å². The van der Waals surface area contributed by atoms with Crippen molar-refractivity contribution in [2.75, 3.05) is 25.4 Å². The Morgan fingerprint density at radius 3 is 2.65 bits per heavy atom. The highest BCUT2D eigenvalue weighted by atomic mass is 32.1. The number of carbonyl (C=O) groups excluding carboxylic acids is 2. The van der Waals surface area contributed by atoms with E-state index in [1.807, 2.05) is 25.7 Å². The first-order valence-corrected chi connectivity index (χ1v) is 7.81. The van der Waals surface area contributed by atoms with Crippen molar-refractivity contribution in [3.8, 4) is 0 Å². The van der Waals surface area contributed by atoms with E-state index < -0.39 is 5.60 Å². The van der Waals surface area contributed by atoms with Gasteiger partial charge in [-0.2, -0.15) is 12.6 Å². The van der Waals surface area contributed by atoms with Gasteiger partial charge in [-0.15, -0.1) is 0 Å². The Kier molecular flexibility index (Phi) is 4.52. The summed E-state index contributed by atoms with van der Waals surface area (Å²) in [5, 5.41) is 0. The predicted octanol–water partition coefficient (Wildman–Crippen LogP) is 1.77. The Labute approximate surface area is 126 Å². The lowest BCUT2D eigenvalue weighted by Crippen LogP contribution is -2.41. The van der Waals surface area contributed by atoms with Gasteiger partial charge in [0.15, 0.2) is 0 Å². The minimum atomic E-state index is -0.476. The van der Waals surface area contributed by atoms with Crippen LogP contribution in [0.1, 0.15) is 33.6 Å². The number of hydrogen-bond donors (Lipinski definition) is 1. The summed E-state index contributed by atoms with van der Waals surface area (Å²) in [6.07, 6.45) is 1.15. The Morgan fingerprint density at radius 1 is 1.40 bits per heavy atom. The summed E-state index contributed by atoms with van der Waals surface area (Å²) in [6, 6.07) is 0.139. The SMILES string of the molecule is CC(C)(C)OC(=O)N1CCC(N2CC(CS)CC2=O)C1. The van der Waals surface area contributed by atoms with Gasteiger partial charge in [-0.1, -0.05) is 0 Å². The predicted molar refractivity (Wildman–Crippen MR) is 79.9 cm³/mol. The van der Waals surface area contributed by atoms with E-state index in [2.05, 4.69) is 12.6 Å². The molecule has 2 rings (SSSR count). The Balaban J connectivity index is 1.89. The van der Waals surface area contributed by atoms with Crippen LogP contribution in [0.15, 0.2) is 0 Å². The molecule has 0 aromatic carbocycles. The molecule has 2 aliphatic heterocycles. The van der Waals surface area contributed by atoms with E-state index in [9.17, 15) is 9.59 Å². The third-order valence-corrected chi connectivity index (χ3v) is 4.27. The zero-order valence-corrected chi connectivity index (χ0v) is 13.4. The molecule has 0 spiro atoms.